The van der Waals surface area contributed by atoms with Gasteiger partial charge in [-0.3, -0.25) is 0 Å². The Labute approximate surface area is 334 Å². The highest BCUT2D eigenvalue weighted by Gasteiger charge is 2.25. The number of hydrogen-bond acceptors (Lipinski definition) is 1. The van der Waals surface area contributed by atoms with Crippen LogP contribution < -0.4 is 4.90 Å². The Morgan fingerprint density at radius 2 is 0.632 bits per heavy atom. The maximum atomic E-state index is 2.48. The van der Waals surface area contributed by atoms with Crippen LogP contribution in [0.5, 0.6) is 0 Å². The molecule has 0 aliphatic rings. The molecule has 10 aromatic carbocycles. The van der Waals surface area contributed by atoms with Crippen LogP contribution >= 0.6 is 0 Å². The quantitative estimate of drug-likeness (QED) is 0.141. The van der Waals surface area contributed by atoms with Crippen LogP contribution in [0.2, 0.25) is 0 Å². The zero-order valence-electron chi connectivity index (χ0n) is 31.5. The summed E-state index contributed by atoms with van der Waals surface area (Å²) in [7, 11) is 0. The minimum absolute atomic E-state index is 1.09. The van der Waals surface area contributed by atoms with E-state index >= 15 is 0 Å². The molecule has 10 rings (SSSR count). The van der Waals surface area contributed by atoms with Gasteiger partial charge in [-0.05, 0) is 84.9 Å². The van der Waals surface area contributed by atoms with Crippen molar-refractivity contribution < 1.29 is 0 Å². The lowest BCUT2D eigenvalue weighted by atomic mass is 9.84. The molecule has 0 N–H and O–H groups in total. The predicted octanol–water partition coefficient (Wildman–Crippen LogP) is 15.8. The van der Waals surface area contributed by atoms with Gasteiger partial charge in [-0.25, -0.2) is 0 Å². The summed E-state index contributed by atoms with van der Waals surface area (Å²) in [5.74, 6) is 0. The van der Waals surface area contributed by atoms with Crippen molar-refractivity contribution in [3.63, 3.8) is 0 Å². The molecule has 268 valence electrons. The third kappa shape index (κ3) is 6.36. The highest BCUT2D eigenvalue weighted by atomic mass is 15.1. The first-order valence-corrected chi connectivity index (χ1v) is 19.6. The first-order chi connectivity index (χ1) is 28.3. The van der Waals surface area contributed by atoms with E-state index in [-0.39, 0.29) is 0 Å². The summed E-state index contributed by atoms with van der Waals surface area (Å²) in [6.45, 7) is 0. The smallest absolute Gasteiger partial charge is 0.0546 e. The van der Waals surface area contributed by atoms with Crippen LogP contribution in [0.1, 0.15) is 0 Å². The van der Waals surface area contributed by atoms with Crippen molar-refractivity contribution in [2.24, 2.45) is 0 Å². The molecule has 0 radical (unpaired) electrons. The number of rotatable bonds is 8. The zero-order chi connectivity index (χ0) is 38.0. The summed E-state index contributed by atoms with van der Waals surface area (Å²) in [5, 5.41) is 4.91. The maximum absolute atomic E-state index is 2.48. The minimum Gasteiger partial charge on any atom is -0.309 e. The van der Waals surface area contributed by atoms with E-state index in [1.807, 2.05) is 0 Å². The van der Waals surface area contributed by atoms with Gasteiger partial charge in [-0.2, -0.15) is 0 Å². The Kier molecular flexibility index (Phi) is 8.95. The van der Waals surface area contributed by atoms with E-state index < -0.39 is 0 Å². The Balaban J connectivity index is 1.24. The average Bonchev–Trinajstić information content (AvgIpc) is 3.30. The van der Waals surface area contributed by atoms with E-state index in [0.717, 1.165) is 17.1 Å². The van der Waals surface area contributed by atoms with Gasteiger partial charge >= 0.3 is 0 Å². The first kappa shape index (κ1) is 34.0. The van der Waals surface area contributed by atoms with Crippen LogP contribution in [-0.4, -0.2) is 0 Å². The van der Waals surface area contributed by atoms with Crippen LogP contribution in [0, 0.1) is 0 Å². The number of benzene rings is 10. The van der Waals surface area contributed by atoms with Gasteiger partial charge in [0.15, 0.2) is 0 Å². The van der Waals surface area contributed by atoms with Crippen molar-refractivity contribution in [2.75, 3.05) is 4.90 Å². The van der Waals surface area contributed by atoms with E-state index in [2.05, 4.69) is 241 Å². The third-order valence-electron chi connectivity index (χ3n) is 11.1. The molecule has 1 heteroatoms. The molecule has 0 saturated carbocycles. The van der Waals surface area contributed by atoms with Gasteiger partial charge in [-0.1, -0.05) is 212 Å². The summed E-state index contributed by atoms with van der Waals surface area (Å²) in [6.07, 6.45) is 0. The molecule has 0 aromatic heterocycles. The molecular formula is C56H39N. The highest BCUT2D eigenvalue weighted by molar-refractivity contribution is 6.25. The van der Waals surface area contributed by atoms with Crippen molar-refractivity contribution in [3.05, 3.63) is 237 Å². The predicted molar refractivity (Wildman–Crippen MR) is 243 cm³/mol. The lowest BCUT2D eigenvalue weighted by Crippen LogP contribution is -2.12. The molecule has 0 unspecified atom stereocenters. The number of hydrogen-bond donors (Lipinski definition) is 0. The Hall–Kier alpha value is -7.48. The van der Waals surface area contributed by atoms with Crippen LogP contribution in [0.3, 0.4) is 0 Å². The Morgan fingerprint density at radius 3 is 1.23 bits per heavy atom. The fourth-order valence-corrected chi connectivity index (χ4v) is 8.43. The number of nitrogens with zero attached hydrogens (tertiary/aromatic N) is 1. The van der Waals surface area contributed by atoms with Gasteiger partial charge < -0.3 is 4.90 Å². The van der Waals surface area contributed by atoms with Crippen molar-refractivity contribution >= 4 is 38.6 Å². The maximum Gasteiger partial charge on any atom is 0.0546 e. The van der Waals surface area contributed by atoms with Crippen molar-refractivity contribution in [2.45, 2.75) is 0 Å². The topological polar surface area (TPSA) is 3.24 Å². The summed E-state index contributed by atoms with van der Waals surface area (Å²) in [5.41, 5.74) is 15.3. The molecule has 0 heterocycles. The molecule has 0 aliphatic carbocycles. The molecular weight excluding hydrogens is 687 g/mol. The van der Waals surface area contributed by atoms with Gasteiger partial charge in [0, 0.05) is 22.2 Å². The third-order valence-corrected chi connectivity index (χ3v) is 11.1. The monoisotopic (exact) mass is 725 g/mol. The van der Waals surface area contributed by atoms with Crippen LogP contribution in [-0.2, 0) is 0 Å². The second-order valence-electron chi connectivity index (χ2n) is 14.4. The van der Waals surface area contributed by atoms with E-state index in [1.165, 1.54) is 77.2 Å². The molecule has 0 fully saturated rings. The average molecular weight is 726 g/mol. The molecule has 10 aromatic rings. The number of fused-ring (bicyclic) bond motifs is 3. The van der Waals surface area contributed by atoms with Crippen molar-refractivity contribution in [1.82, 2.24) is 0 Å². The van der Waals surface area contributed by atoms with Gasteiger partial charge in [0.1, 0.15) is 0 Å². The van der Waals surface area contributed by atoms with E-state index in [4.69, 9.17) is 0 Å². The number of anilines is 3. The Morgan fingerprint density at radius 1 is 0.228 bits per heavy atom. The summed E-state index contributed by atoms with van der Waals surface area (Å²) in [4.78, 5) is 2.48. The van der Waals surface area contributed by atoms with E-state index in [9.17, 15) is 0 Å². The summed E-state index contributed by atoms with van der Waals surface area (Å²) < 4.78 is 0. The largest absolute Gasteiger partial charge is 0.309 e. The zero-order valence-corrected chi connectivity index (χ0v) is 31.5. The van der Waals surface area contributed by atoms with Crippen LogP contribution in [0.4, 0.5) is 17.1 Å². The lowest BCUT2D eigenvalue weighted by molar-refractivity contribution is 1.30. The molecule has 57 heavy (non-hydrogen) atoms. The lowest BCUT2D eigenvalue weighted by Gasteiger charge is -2.31. The molecule has 0 atom stereocenters. The van der Waals surface area contributed by atoms with Gasteiger partial charge in [-0.15, -0.1) is 0 Å². The van der Waals surface area contributed by atoms with Gasteiger partial charge in [0.05, 0.1) is 11.4 Å². The van der Waals surface area contributed by atoms with Gasteiger partial charge in [0.2, 0.25) is 0 Å². The van der Waals surface area contributed by atoms with E-state index in [0.29, 0.717) is 0 Å². The normalized spacial score (nSPS) is 11.2. The molecule has 0 saturated heterocycles. The van der Waals surface area contributed by atoms with E-state index in [1.54, 1.807) is 0 Å². The van der Waals surface area contributed by atoms with Crippen LogP contribution in [0.25, 0.3) is 77.2 Å². The van der Waals surface area contributed by atoms with Crippen molar-refractivity contribution in [1.29, 1.82) is 0 Å². The Bertz CT molecular complexity index is 2950. The van der Waals surface area contributed by atoms with Crippen LogP contribution in [0.15, 0.2) is 237 Å². The molecule has 0 spiro atoms. The second-order valence-corrected chi connectivity index (χ2v) is 14.4. The highest BCUT2D eigenvalue weighted by Crippen LogP contribution is 2.51. The fourth-order valence-electron chi connectivity index (χ4n) is 8.43. The first-order valence-electron chi connectivity index (χ1n) is 19.6. The molecule has 0 bridgehead atoms. The fraction of sp³-hybridized carbons (Fsp3) is 0. The summed E-state index contributed by atoms with van der Waals surface area (Å²) in [6, 6.07) is 85.6. The minimum atomic E-state index is 1.09. The standard InChI is InChI=1S/C56H39N/c1-5-18-40(19-6-1)41-32-34-42(35-33-41)43-36-38-47(39-37-43)57(52-30-16-15-26-48(52)44-20-7-2-8-21-44)53-31-17-29-51-49-27-13-14-28-50(49)54(45-22-9-3-10-23-45)55(56(51)53)46-24-11-4-12-25-46/h1-39H. The summed E-state index contributed by atoms with van der Waals surface area (Å²) >= 11 is 0. The van der Waals surface area contributed by atoms with Gasteiger partial charge in [0.25, 0.3) is 0 Å². The second kappa shape index (κ2) is 15.0. The number of para-hydroxylation sites is 1. The molecule has 1 nitrogen and oxygen atoms in total. The molecule has 0 aliphatic heterocycles. The SMILES string of the molecule is c1ccc(-c2ccc(-c3ccc(N(c4ccccc4-c4ccccc4)c4cccc5c4c(-c4ccccc4)c(-c4ccccc4)c4ccccc45)cc3)cc2)cc1. The van der Waals surface area contributed by atoms with Crippen molar-refractivity contribution in [3.8, 4) is 55.6 Å². The molecule has 0 amide bonds.